The molecule has 1 fully saturated rings. The van der Waals surface area contributed by atoms with Crippen LogP contribution >= 0.6 is 0 Å². The molecule has 1 aliphatic carbocycles. The first-order chi connectivity index (χ1) is 7.38. The Morgan fingerprint density at radius 1 is 1.44 bits per heavy atom. The van der Waals surface area contributed by atoms with Crippen LogP contribution in [0.25, 0.3) is 0 Å². The maximum atomic E-state index is 6.28. The number of imidazole rings is 1. The van der Waals surface area contributed by atoms with Crippen molar-refractivity contribution in [3.05, 3.63) is 18.2 Å². The minimum atomic E-state index is 0.0351. The zero-order valence-electron chi connectivity index (χ0n) is 10.7. The van der Waals surface area contributed by atoms with Crippen molar-refractivity contribution in [2.45, 2.75) is 58.5 Å². The highest BCUT2D eigenvalue weighted by atomic mass is 15.1. The van der Waals surface area contributed by atoms with E-state index in [-0.39, 0.29) is 5.54 Å². The van der Waals surface area contributed by atoms with Gasteiger partial charge < -0.3 is 10.3 Å². The van der Waals surface area contributed by atoms with Gasteiger partial charge in [0.1, 0.15) is 0 Å². The number of rotatable bonds is 3. The van der Waals surface area contributed by atoms with Gasteiger partial charge in [-0.05, 0) is 31.1 Å². The molecule has 0 saturated heterocycles. The highest BCUT2D eigenvalue weighted by Gasteiger charge is 2.33. The van der Waals surface area contributed by atoms with Crippen molar-refractivity contribution in [3.8, 4) is 0 Å². The van der Waals surface area contributed by atoms with E-state index in [4.69, 9.17) is 5.73 Å². The molecule has 0 aromatic carbocycles. The largest absolute Gasteiger partial charge is 0.333 e. The predicted octanol–water partition coefficient (Wildman–Crippen LogP) is 2.35. The van der Waals surface area contributed by atoms with E-state index in [0.717, 1.165) is 25.8 Å². The van der Waals surface area contributed by atoms with Crippen LogP contribution in [0.4, 0.5) is 0 Å². The minimum absolute atomic E-state index is 0.0351. The van der Waals surface area contributed by atoms with Crippen LogP contribution in [0.15, 0.2) is 12.5 Å². The number of nitrogens with zero attached hydrogens (tertiary/aromatic N) is 2. The number of hydrogen-bond acceptors (Lipinski definition) is 2. The number of hydrogen-bond donors (Lipinski definition) is 1. The maximum absolute atomic E-state index is 6.28. The molecule has 0 unspecified atom stereocenters. The van der Waals surface area contributed by atoms with Gasteiger partial charge in [0.25, 0.3) is 0 Å². The van der Waals surface area contributed by atoms with Gasteiger partial charge in [-0.3, -0.25) is 0 Å². The van der Waals surface area contributed by atoms with Gasteiger partial charge in [-0.2, -0.15) is 0 Å². The Morgan fingerprint density at radius 3 is 2.62 bits per heavy atom. The van der Waals surface area contributed by atoms with E-state index in [1.165, 1.54) is 12.1 Å². The van der Waals surface area contributed by atoms with E-state index in [1.54, 1.807) is 0 Å². The molecule has 16 heavy (non-hydrogen) atoms. The fourth-order valence-electron chi connectivity index (χ4n) is 2.31. The fourth-order valence-corrected chi connectivity index (χ4v) is 2.31. The Balaban J connectivity index is 2.07. The molecule has 1 aromatic heterocycles. The lowest BCUT2D eigenvalue weighted by molar-refractivity contribution is 0.211. The normalized spacial score (nSPS) is 19.5. The Morgan fingerprint density at radius 2 is 2.12 bits per heavy atom. The third-order valence-corrected chi connectivity index (χ3v) is 3.34. The maximum Gasteiger partial charge on any atom is 0.0948 e. The summed E-state index contributed by atoms with van der Waals surface area (Å²) in [5.41, 5.74) is 7.93. The van der Waals surface area contributed by atoms with Gasteiger partial charge in [-0.15, -0.1) is 0 Å². The Kier molecular flexibility index (Phi) is 2.82. The van der Waals surface area contributed by atoms with Crippen LogP contribution < -0.4 is 5.73 Å². The molecule has 3 nitrogen and oxygen atoms in total. The molecule has 0 amide bonds. The topological polar surface area (TPSA) is 43.8 Å². The lowest BCUT2D eigenvalue weighted by Crippen LogP contribution is -2.50. The molecular formula is C13H23N3. The molecule has 1 aromatic rings. The minimum Gasteiger partial charge on any atom is -0.333 e. The van der Waals surface area contributed by atoms with Gasteiger partial charge in [0.2, 0.25) is 0 Å². The van der Waals surface area contributed by atoms with Gasteiger partial charge in [-0.25, -0.2) is 4.98 Å². The highest BCUT2D eigenvalue weighted by molar-refractivity contribution is 5.04. The lowest BCUT2D eigenvalue weighted by Gasteiger charge is -2.38. The standard InChI is InChI=1S/C13H23N3/c1-12(2,3)7-11-8-15-10-16(11)9-13(14)5-4-6-13/h8,10H,4-7,9,14H2,1-3H3. The summed E-state index contributed by atoms with van der Waals surface area (Å²) >= 11 is 0. The summed E-state index contributed by atoms with van der Waals surface area (Å²) in [6.07, 6.45) is 8.55. The van der Waals surface area contributed by atoms with Crippen LogP contribution in [0.5, 0.6) is 0 Å². The van der Waals surface area contributed by atoms with Crippen LogP contribution in [0, 0.1) is 5.41 Å². The smallest absolute Gasteiger partial charge is 0.0948 e. The molecule has 1 saturated carbocycles. The summed E-state index contributed by atoms with van der Waals surface area (Å²) in [7, 11) is 0. The Hall–Kier alpha value is -0.830. The van der Waals surface area contributed by atoms with Crippen molar-refractivity contribution in [1.82, 2.24) is 9.55 Å². The number of aromatic nitrogens is 2. The first kappa shape index (κ1) is 11.6. The molecule has 0 bridgehead atoms. The third-order valence-electron chi connectivity index (χ3n) is 3.34. The van der Waals surface area contributed by atoms with Gasteiger partial charge in [-0.1, -0.05) is 20.8 Å². The van der Waals surface area contributed by atoms with Crippen LogP contribution in [0.3, 0.4) is 0 Å². The monoisotopic (exact) mass is 221 g/mol. The SMILES string of the molecule is CC(C)(C)Cc1cncn1CC1(N)CCC1. The zero-order valence-corrected chi connectivity index (χ0v) is 10.7. The second-order valence-electron chi connectivity index (χ2n) is 6.47. The van der Waals surface area contributed by atoms with Crippen molar-refractivity contribution in [1.29, 1.82) is 0 Å². The third kappa shape index (κ3) is 2.64. The second kappa shape index (κ2) is 3.88. The molecule has 0 aliphatic heterocycles. The first-order valence-electron chi connectivity index (χ1n) is 6.16. The average molecular weight is 221 g/mol. The summed E-state index contributed by atoms with van der Waals surface area (Å²) in [5.74, 6) is 0. The molecule has 2 N–H and O–H groups in total. The van der Waals surface area contributed by atoms with Crippen molar-refractivity contribution < 1.29 is 0 Å². The summed E-state index contributed by atoms with van der Waals surface area (Å²) in [6.45, 7) is 7.70. The fraction of sp³-hybridized carbons (Fsp3) is 0.769. The van der Waals surface area contributed by atoms with Crippen LogP contribution in [0.1, 0.15) is 45.7 Å². The van der Waals surface area contributed by atoms with E-state index in [2.05, 4.69) is 30.3 Å². The number of nitrogens with two attached hydrogens (primary N) is 1. The van der Waals surface area contributed by atoms with Crippen LogP contribution in [-0.4, -0.2) is 15.1 Å². The molecule has 2 rings (SSSR count). The van der Waals surface area contributed by atoms with Crippen molar-refractivity contribution >= 4 is 0 Å². The first-order valence-corrected chi connectivity index (χ1v) is 6.16. The molecule has 0 atom stereocenters. The van der Waals surface area contributed by atoms with Gasteiger partial charge in [0.05, 0.1) is 6.33 Å². The molecule has 3 heteroatoms. The summed E-state index contributed by atoms with van der Waals surface area (Å²) < 4.78 is 2.24. The van der Waals surface area contributed by atoms with Gasteiger partial charge in [0, 0.05) is 24.0 Å². The van der Waals surface area contributed by atoms with Gasteiger partial charge in [0.15, 0.2) is 0 Å². The zero-order chi connectivity index (χ0) is 11.8. The molecule has 1 heterocycles. The Bertz CT molecular complexity index is 355. The van der Waals surface area contributed by atoms with Crippen molar-refractivity contribution in [3.63, 3.8) is 0 Å². The van der Waals surface area contributed by atoms with Crippen molar-refractivity contribution in [2.75, 3.05) is 0 Å². The quantitative estimate of drug-likeness (QED) is 0.851. The second-order valence-corrected chi connectivity index (χ2v) is 6.47. The molecule has 0 radical (unpaired) electrons. The van der Waals surface area contributed by atoms with E-state index < -0.39 is 0 Å². The van der Waals surface area contributed by atoms with E-state index >= 15 is 0 Å². The summed E-state index contributed by atoms with van der Waals surface area (Å²) in [6, 6.07) is 0. The predicted molar refractivity (Wildman–Crippen MR) is 66.2 cm³/mol. The average Bonchev–Trinajstić information content (AvgIpc) is 2.47. The van der Waals surface area contributed by atoms with Crippen LogP contribution in [-0.2, 0) is 13.0 Å². The molecule has 0 spiro atoms. The Labute approximate surface area is 98.1 Å². The van der Waals surface area contributed by atoms with Crippen LogP contribution in [0.2, 0.25) is 0 Å². The summed E-state index contributed by atoms with van der Waals surface area (Å²) in [5, 5.41) is 0. The molecular weight excluding hydrogens is 198 g/mol. The molecule has 90 valence electrons. The van der Waals surface area contributed by atoms with E-state index in [9.17, 15) is 0 Å². The van der Waals surface area contributed by atoms with Crippen molar-refractivity contribution in [2.24, 2.45) is 11.1 Å². The lowest BCUT2D eigenvalue weighted by atomic mass is 9.77. The molecule has 1 aliphatic rings. The highest BCUT2D eigenvalue weighted by Crippen LogP contribution is 2.31. The van der Waals surface area contributed by atoms with E-state index in [1.807, 2.05) is 12.5 Å². The van der Waals surface area contributed by atoms with Gasteiger partial charge >= 0.3 is 0 Å². The summed E-state index contributed by atoms with van der Waals surface area (Å²) in [4.78, 5) is 4.26. The van der Waals surface area contributed by atoms with E-state index in [0.29, 0.717) is 5.41 Å².